The number of nitrogens with zero attached hydrogens (tertiary/aromatic N) is 2. The van der Waals surface area contributed by atoms with Crippen molar-refractivity contribution in [2.24, 2.45) is 0 Å². The van der Waals surface area contributed by atoms with E-state index in [9.17, 15) is 4.79 Å². The molecule has 0 radical (unpaired) electrons. The molecule has 6 nitrogen and oxygen atoms in total. The summed E-state index contributed by atoms with van der Waals surface area (Å²) in [6.45, 7) is 0.218. The average molecular weight is 368 g/mol. The van der Waals surface area contributed by atoms with Gasteiger partial charge in [-0.1, -0.05) is 23.7 Å². The highest BCUT2D eigenvalue weighted by Crippen LogP contribution is 2.41. The summed E-state index contributed by atoms with van der Waals surface area (Å²) in [5.74, 6) is 1.79. The van der Waals surface area contributed by atoms with Crippen LogP contribution in [-0.2, 0) is 4.79 Å². The van der Waals surface area contributed by atoms with Crippen molar-refractivity contribution >= 4 is 23.3 Å². The van der Waals surface area contributed by atoms with Crippen molar-refractivity contribution in [3.05, 3.63) is 65.1 Å². The smallest absolute Gasteiger partial charge is 0.231 e. The maximum Gasteiger partial charge on any atom is 0.231 e. The van der Waals surface area contributed by atoms with E-state index in [0.717, 1.165) is 22.7 Å². The molecular weight excluding hydrogens is 354 g/mol. The molecule has 2 aromatic carbocycles. The normalized spacial score (nSPS) is 17.7. The van der Waals surface area contributed by atoms with Crippen molar-refractivity contribution in [1.82, 2.24) is 9.55 Å². The number of imidazole rings is 1. The van der Waals surface area contributed by atoms with Crippen molar-refractivity contribution in [2.45, 2.75) is 12.3 Å². The van der Waals surface area contributed by atoms with Gasteiger partial charge < -0.3 is 19.4 Å². The van der Waals surface area contributed by atoms with Gasteiger partial charge in [-0.05, 0) is 35.9 Å². The number of carbonyl (C=O) groups is 1. The van der Waals surface area contributed by atoms with E-state index in [4.69, 9.17) is 21.1 Å². The highest BCUT2D eigenvalue weighted by atomic mass is 35.5. The van der Waals surface area contributed by atoms with Crippen molar-refractivity contribution in [3.8, 4) is 17.2 Å². The number of ether oxygens (including phenoxy) is 2. The van der Waals surface area contributed by atoms with E-state index in [1.54, 1.807) is 6.33 Å². The fourth-order valence-corrected chi connectivity index (χ4v) is 3.67. The standard InChI is InChI=1S/C19H14ClN3O3/c20-12-2-1-3-13(7-12)23-9-21-19-18(23)14(8-17(24)22-19)11-4-5-15-16(6-11)26-10-25-15/h1-7,9,14H,8,10H2,(H,22,24)/t14-/m1/s1. The Balaban J connectivity index is 1.65. The van der Waals surface area contributed by atoms with Gasteiger partial charge in [0.05, 0.1) is 5.69 Å². The van der Waals surface area contributed by atoms with Crippen LogP contribution in [0.25, 0.3) is 5.69 Å². The molecule has 1 aromatic heterocycles. The Labute approximate surface area is 154 Å². The second-order valence-electron chi connectivity index (χ2n) is 6.25. The first-order valence-corrected chi connectivity index (χ1v) is 8.59. The molecule has 1 atom stereocenters. The number of halogens is 1. The third-order valence-corrected chi connectivity index (χ3v) is 4.90. The summed E-state index contributed by atoms with van der Waals surface area (Å²) in [7, 11) is 0. The molecule has 0 spiro atoms. The third-order valence-electron chi connectivity index (χ3n) is 4.67. The van der Waals surface area contributed by atoms with E-state index >= 15 is 0 Å². The summed E-state index contributed by atoms with van der Waals surface area (Å²) in [6.07, 6.45) is 2.04. The number of benzene rings is 2. The van der Waals surface area contributed by atoms with E-state index in [-0.39, 0.29) is 18.6 Å². The molecule has 130 valence electrons. The maximum atomic E-state index is 12.2. The molecule has 0 aliphatic carbocycles. The highest BCUT2D eigenvalue weighted by Gasteiger charge is 2.32. The van der Waals surface area contributed by atoms with Crippen LogP contribution in [0.5, 0.6) is 11.5 Å². The molecule has 0 unspecified atom stereocenters. The summed E-state index contributed by atoms with van der Waals surface area (Å²) in [4.78, 5) is 16.6. The molecule has 2 aliphatic rings. The fourth-order valence-electron chi connectivity index (χ4n) is 3.49. The molecule has 3 aromatic rings. The summed E-state index contributed by atoms with van der Waals surface area (Å²) < 4.78 is 12.9. The first-order valence-electron chi connectivity index (χ1n) is 8.21. The molecule has 5 rings (SSSR count). The predicted octanol–water partition coefficient (Wildman–Crippen LogP) is 3.73. The zero-order valence-corrected chi connectivity index (χ0v) is 14.4. The fraction of sp³-hybridized carbons (Fsp3) is 0.158. The van der Waals surface area contributed by atoms with Crippen molar-refractivity contribution in [1.29, 1.82) is 0 Å². The van der Waals surface area contributed by atoms with Crippen molar-refractivity contribution < 1.29 is 14.3 Å². The Hall–Kier alpha value is -2.99. The molecule has 3 heterocycles. The lowest BCUT2D eigenvalue weighted by atomic mass is 9.89. The monoisotopic (exact) mass is 367 g/mol. The molecule has 0 saturated heterocycles. The number of amides is 1. The second kappa shape index (κ2) is 5.78. The Morgan fingerprint density at radius 1 is 1.15 bits per heavy atom. The molecule has 0 bridgehead atoms. The first kappa shape index (κ1) is 15.3. The molecule has 1 amide bonds. The van der Waals surface area contributed by atoms with Crippen LogP contribution < -0.4 is 14.8 Å². The van der Waals surface area contributed by atoms with E-state index in [1.807, 2.05) is 47.0 Å². The molecule has 0 saturated carbocycles. The van der Waals surface area contributed by atoms with Crippen LogP contribution in [0.15, 0.2) is 48.8 Å². The van der Waals surface area contributed by atoms with Crippen LogP contribution in [0, 0.1) is 0 Å². The maximum absolute atomic E-state index is 12.2. The number of anilines is 1. The lowest BCUT2D eigenvalue weighted by Crippen LogP contribution is -2.25. The summed E-state index contributed by atoms with van der Waals surface area (Å²) in [5.41, 5.74) is 2.80. The van der Waals surface area contributed by atoms with Crippen LogP contribution in [-0.4, -0.2) is 22.3 Å². The van der Waals surface area contributed by atoms with Gasteiger partial charge in [0.2, 0.25) is 12.7 Å². The summed E-state index contributed by atoms with van der Waals surface area (Å²) in [6, 6.07) is 13.3. The number of carbonyl (C=O) groups excluding carboxylic acids is 1. The van der Waals surface area contributed by atoms with Crippen LogP contribution >= 0.6 is 11.6 Å². The van der Waals surface area contributed by atoms with Crippen molar-refractivity contribution in [3.63, 3.8) is 0 Å². The summed E-state index contributed by atoms with van der Waals surface area (Å²) in [5, 5.41) is 3.50. The van der Waals surface area contributed by atoms with Crippen LogP contribution in [0.3, 0.4) is 0 Å². The number of nitrogens with one attached hydrogen (secondary N) is 1. The van der Waals surface area contributed by atoms with Gasteiger partial charge in [-0.3, -0.25) is 4.79 Å². The predicted molar refractivity (Wildman–Crippen MR) is 96.2 cm³/mol. The van der Waals surface area contributed by atoms with Crippen LogP contribution in [0.4, 0.5) is 5.82 Å². The minimum absolute atomic E-state index is 0.0588. The van der Waals surface area contributed by atoms with Gasteiger partial charge in [-0.15, -0.1) is 0 Å². The van der Waals surface area contributed by atoms with Gasteiger partial charge >= 0.3 is 0 Å². The van der Waals surface area contributed by atoms with Gasteiger partial charge in [0.1, 0.15) is 6.33 Å². The molecular formula is C19H14ClN3O3. The number of fused-ring (bicyclic) bond motifs is 2. The van der Waals surface area contributed by atoms with E-state index in [0.29, 0.717) is 23.0 Å². The minimum atomic E-state index is -0.144. The zero-order chi connectivity index (χ0) is 17.7. The second-order valence-corrected chi connectivity index (χ2v) is 6.68. The average Bonchev–Trinajstić information content (AvgIpc) is 3.27. The highest BCUT2D eigenvalue weighted by molar-refractivity contribution is 6.30. The lowest BCUT2D eigenvalue weighted by Gasteiger charge is -2.25. The molecule has 2 aliphatic heterocycles. The van der Waals surface area contributed by atoms with Gasteiger partial charge in [0, 0.05) is 23.0 Å². The zero-order valence-electron chi connectivity index (χ0n) is 13.6. The Morgan fingerprint density at radius 2 is 2.04 bits per heavy atom. The number of hydrogen-bond acceptors (Lipinski definition) is 4. The number of rotatable bonds is 2. The van der Waals surface area contributed by atoms with Gasteiger partial charge in [0.15, 0.2) is 17.3 Å². The van der Waals surface area contributed by atoms with E-state index in [2.05, 4.69) is 10.3 Å². The van der Waals surface area contributed by atoms with Gasteiger partial charge in [0.25, 0.3) is 0 Å². The Morgan fingerprint density at radius 3 is 2.92 bits per heavy atom. The molecule has 7 heteroatoms. The van der Waals surface area contributed by atoms with Crippen LogP contribution in [0.2, 0.25) is 5.02 Å². The molecule has 1 N–H and O–H groups in total. The first-order chi connectivity index (χ1) is 12.7. The molecule has 0 fully saturated rings. The van der Waals surface area contributed by atoms with Crippen molar-refractivity contribution in [2.75, 3.05) is 12.1 Å². The Kier molecular flexibility index (Phi) is 3.39. The third kappa shape index (κ3) is 2.42. The molecule has 26 heavy (non-hydrogen) atoms. The quantitative estimate of drug-likeness (QED) is 0.749. The van der Waals surface area contributed by atoms with Crippen LogP contribution in [0.1, 0.15) is 23.6 Å². The largest absolute Gasteiger partial charge is 0.454 e. The van der Waals surface area contributed by atoms with E-state index < -0.39 is 0 Å². The van der Waals surface area contributed by atoms with Gasteiger partial charge in [-0.2, -0.15) is 0 Å². The topological polar surface area (TPSA) is 65.4 Å². The lowest BCUT2D eigenvalue weighted by molar-refractivity contribution is -0.116. The SMILES string of the molecule is O=C1C[C@H](c2ccc3c(c2)OCO3)c2c(ncn2-c2cccc(Cl)c2)N1. The Bertz CT molecular complexity index is 1030. The minimum Gasteiger partial charge on any atom is -0.454 e. The van der Waals surface area contributed by atoms with E-state index in [1.165, 1.54) is 0 Å². The van der Waals surface area contributed by atoms with Gasteiger partial charge in [-0.25, -0.2) is 4.98 Å². The summed E-state index contributed by atoms with van der Waals surface area (Å²) >= 11 is 6.15. The number of hydrogen-bond donors (Lipinski definition) is 1. The number of aromatic nitrogens is 2.